The van der Waals surface area contributed by atoms with E-state index in [1.165, 1.54) is 0 Å². The molecule has 0 spiro atoms. The molecular formula is C23H22ClN3O2. The van der Waals surface area contributed by atoms with Gasteiger partial charge >= 0.3 is 0 Å². The zero-order valence-electron chi connectivity index (χ0n) is 16.8. The minimum atomic E-state index is 0.636. The van der Waals surface area contributed by atoms with Gasteiger partial charge in [0.15, 0.2) is 0 Å². The Hall–Kier alpha value is -3.18. The first-order valence-corrected chi connectivity index (χ1v) is 9.60. The number of imidazole rings is 1. The smallest absolute Gasteiger partial charge is 0.208 e. The summed E-state index contributed by atoms with van der Waals surface area (Å²) in [6.07, 6.45) is 0. The fourth-order valence-electron chi connectivity index (χ4n) is 3.53. The molecule has 0 unspecified atom stereocenters. The van der Waals surface area contributed by atoms with Gasteiger partial charge in [0.1, 0.15) is 11.5 Å². The number of hydrogen-bond acceptors (Lipinski definition) is 4. The average molecular weight is 408 g/mol. The van der Waals surface area contributed by atoms with E-state index in [9.17, 15) is 0 Å². The lowest BCUT2D eigenvalue weighted by atomic mass is 10.0. The number of halogens is 1. The Labute approximate surface area is 174 Å². The van der Waals surface area contributed by atoms with E-state index in [4.69, 9.17) is 26.1 Å². The van der Waals surface area contributed by atoms with Crippen LogP contribution in [0.1, 0.15) is 5.56 Å². The van der Waals surface area contributed by atoms with Crippen molar-refractivity contribution in [3.63, 3.8) is 0 Å². The predicted molar refractivity (Wildman–Crippen MR) is 119 cm³/mol. The second-order valence-corrected chi connectivity index (χ2v) is 7.26. The Kier molecular flexibility index (Phi) is 5.07. The largest absolute Gasteiger partial charge is 0.497 e. The molecule has 4 aromatic rings. The van der Waals surface area contributed by atoms with Gasteiger partial charge in [0.25, 0.3) is 0 Å². The molecule has 5 nitrogen and oxygen atoms in total. The van der Waals surface area contributed by atoms with Crippen molar-refractivity contribution in [1.82, 2.24) is 9.55 Å². The molecule has 0 amide bonds. The van der Waals surface area contributed by atoms with E-state index in [1.54, 1.807) is 20.3 Å². The van der Waals surface area contributed by atoms with Gasteiger partial charge in [-0.1, -0.05) is 35.9 Å². The highest BCUT2D eigenvalue weighted by Crippen LogP contribution is 2.36. The average Bonchev–Trinajstić information content (AvgIpc) is 3.05. The third-order valence-electron chi connectivity index (χ3n) is 5.02. The molecular weight excluding hydrogens is 386 g/mol. The van der Waals surface area contributed by atoms with Crippen LogP contribution in [0.2, 0.25) is 5.02 Å². The highest BCUT2D eigenvalue weighted by Gasteiger charge is 2.16. The molecule has 0 saturated carbocycles. The van der Waals surface area contributed by atoms with Crippen molar-refractivity contribution in [1.29, 1.82) is 0 Å². The molecule has 4 rings (SSSR count). The lowest BCUT2D eigenvalue weighted by molar-refractivity contribution is 0.415. The summed E-state index contributed by atoms with van der Waals surface area (Å²) in [5.41, 5.74) is 6.00. The van der Waals surface area contributed by atoms with Crippen LogP contribution in [0.25, 0.3) is 22.2 Å². The van der Waals surface area contributed by atoms with Crippen molar-refractivity contribution in [2.24, 2.45) is 7.05 Å². The maximum atomic E-state index is 6.17. The molecule has 0 atom stereocenters. The number of ether oxygens (including phenoxy) is 2. The van der Waals surface area contributed by atoms with E-state index < -0.39 is 0 Å². The monoisotopic (exact) mass is 407 g/mol. The minimum Gasteiger partial charge on any atom is -0.497 e. The summed E-state index contributed by atoms with van der Waals surface area (Å²) in [7, 11) is 5.30. The van der Waals surface area contributed by atoms with E-state index in [0.717, 1.165) is 45.1 Å². The van der Waals surface area contributed by atoms with Gasteiger partial charge in [-0.25, -0.2) is 4.98 Å². The van der Waals surface area contributed by atoms with Crippen LogP contribution in [0.3, 0.4) is 0 Å². The van der Waals surface area contributed by atoms with Gasteiger partial charge in [-0.3, -0.25) is 0 Å². The number of hydrogen-bond donors (Lipinski definition) is 1. The third kappa shape index (κ3) is 3.49. The topological polar surface area (TPSA) is 48.3 Å². The van der Waals surface area contributed by atoms with Crippen LogP contribution in [0.5, 0.6) is 11.5 Å². The molecule has 148 valence electrons. The zero-order chi connectivity index (χ0) is 20.5. The predicted octanol–water partition coefficient (Wildman–Crippen LogP) is 5.96. The Morgan fingerprint density at radius 1 is 1.00 bits per heavy atom. The maximum Gasteiger partial charge on any atom is 0.208 e. The molecule has 3 aromatic carbocycles. The quantitative estimate of drug-likeness (QED) is 0.443. The third-order valence-corrected chi connectivity index (χ3v) is 5.23. The van der Waals surface area contributed by atoms with Crippen LogP contribution in [-0.2, 0) is 7.05 Å². The number of nitrogens with zero attached hydrogens (tertiary/aromatic N) is 2. The number of aryl methyl sites for hydroxylation is 2. The molecule has 0 aliphatic carbocycles. The Balaban J connectivity index is 1.81. The highest BCUT2D eigenvalue weighted by molar-refractivity contribution is 6.31. The number of nitrogens with one attached hydrogen (secondary N) is 1. The van der Waals surface area contributed by atoms with Gasteiger partial charge in [0.05, 0.1) is 30.9 Å². The van der Waals surface area contributed by atoms with E-state index in [-0.39, 0.29) is 0 Å². The second kappa shape index (κ2) is 7.68. The summed E-state index contributed by atoms with van der Waals surface area (Å²) in [6, 6.07) is 17.9. The lowest BCUT2D eigenvalue weighted by Gasteiger charge is -2.14. The van der Waals surface area contributed by atoms with E-state index in [1.807, 2.05) is 44.3 Å². The van der Waals surface area contributed by atoms with Gasteiger partial charge in [-0.2, -0.15) is 0 Å². The molecule has 0 radical (unpaired) electrons. The highest BCUT2D eigenvalue weighted by atomic mass is 35.5. The van der Waals surface area contributed by atoms with Crippen molar-refractivity contribution in [3.8, 4) is 22.6 Å². The molecule has 0 saturated heterocycles. The summed E-state index contributed by atoms with van der Waals surface area (Å²) >= 11 is 6.17. The van der Waals surface area contributed by atoms with Crippen LogP contribution >= 0.6 is 11.6 Å². The van der Waals surface area contributed by atoms with Crippen molar-refractivity contribution in [2.75, 3.05) is 19.5 Å². The summed E-state index contributed by atoms with van der Waals surface area (Å²) in [5.74, 6) is 2.24. The molecule has 0 bridgehead atoms. The van der Waals surface area contributed by atoms with Crippen LogP contribution in [-0.4, -0.2) is 23.8 Å². The van der Waals surface area contributed by atoms with E-state index in [2.05, 4.69) is 28.1 Å². The van der Waals surface area contributed by atoms with Gasteiger partial charge in [-0.05, 0) is 42.3 Å². The minimum absolute atomic E-state index is 0.636. The molecule has 0 aliphatic rings. The first-order chi connectivity index (χ1) is 14.0. The number of rotatable bonds is 5. The molecule has 6 heteroatoms. The van der Waals surface area contributed by atoms with Crippen molar-refractivity contribution in [2.45, 2.75) is 6.92 Å². The molecule has 0 fully saturated rings. The Morgan fingerprint density at radius 3 is 2.45 bits per heavy atom. The normalized spacial score (nSPS) is 10.9. The molecule has 0 aliphatic heterocycles. The van der Waals surface area contributed by atoms with Crippen LogP contribution in [0.4, 0.5) is 11.6 Å². The van der Waals surface area contributed by atoms with Gasteiger partial charge in [-0.15, -0.1) is 0 Å². The summed E-state index contributed by atoms with van der Waals surface area (Å²) in [5, 5.41) is 4.06. The van der Waals surface area contributed by atoms with Crippen molar-refractivity contribution >= 4 is 34.3 Å². The number of anilines is 2. The summed E-state index contributed by atoms with van der Waals surface area (Å²) in [6.45, 7) is 1.99. The lowest BCUT2D eigenvalue weighted by Crippen LogP contribution is -2.03. The van der Waals surface area contributed by atoms with Crippen LogP contribution in [0, 0.1) is 6.92 Å². The van der Waals surface area contributed by atoms with Gasteiger partial charge in [0.2, 0.25) is 5.95 Å². The van der Waals surface area contributed by atoms with Crippen LogP contribution in [0.15, 0.2) is 54.6 Å². The number of benzene rings is 3. The summed E-state index contributed by atoms with van der Waals surface area (Å²) < 4.78 is 12.8. The number of methoxy groups -OCH3 is 2. The van der Waals surface area contributed by atoms with Crippen molar-refractivity contribution < 1.29 is 9.47 Å². The first-order valence-electron chi connectivity index (χ1n) is 9.23. The number of aromatic nitrogens is 2. The number of fused-ring (bicyclic) bond motifs is 1. The number of para-hydroxylation sites is 1. The Bertz CT molecular complexity index is 1180. The SMILES string of the molecule is COc1ccc(-c2cccc3nc(Nc4c(C)cc(Cl)cc4OC)n(C)c23)cc1. The van der Waals surface area contributed by atoms with Crippen molar-refractivity contribution in [3.05, 3.63) is 65.2 Å². The maximum absolute atomic E-state index is 6.17. The van der Waals surface area contributed by atoms with E-state index >= 15 is 0 Å². The Morgan fingerprint density at radius 2 is 1.76 bits per heavy atom. The van der Waals surface area contributed by atoms with E-state index in [0.29, 0.717) is 10.8 Å². The van der Waals surface area contributed by atoms with Gasteiger partial charge < -0.3 is 19.4 Å². The molecule has 29 heavy (non-hydrogen) atoms. The fourth-order valence-corrected chi connectivity index (χ4v) is 3.79. The van der Waals surface area contributed by atoms with Gasteiger partial charge in [0, 0.05) is 23.7 Å². The first kappa shape index (κ1) is 19.2. The molecule has 1 aromatic heterocycles. The fraction of sp³-hybridized carbons (Fsp3) is 0.174. The second-order valence-electron chi connectivity index (χ2n) is 6.82. The molecule has 1 N–H and O–H groups in total. The van der Waals surface area contributed by atoms with Crippen LogP contribution < -0.4 is 14.8 Å². The zero-order valence-corrected chi connectivity index (χ0v) is 17.5. The standard InChI is InChI=1S/C23H22ClN3O2/c1-14-12-16(24)13-20(29-4)21(14)26-23-25-19-7-5-6-18(22(19)27(23)2)15-8-10-17(28-3)11-9-15/h5-13H,1-4H3,(H,25,26). The summed E-state index contributed by atoms with van der Waals surface area (Å²) in [4.78, 5) is 4.80. The molecule has 1 heterocycles.